The van der Waals surface area contributed by atoms with Crippen LogP contribution in [0.3, 0.4) is 0 Å². The number of aromatic nitrogens is 2. The molecule has 0 N–H and O–H groups in total. The van der Waals surface area contributed by atoms with Crippen molar-refractivity contribution in [1.82, 2.24) is 10.1 Å². The lowest BCUT2D eigenvalue weighted by Crippen LogP contribution is -2.19. The number of para-hydroxylation sites is 1. The van der Waals surface area contributed by atoms with Gasteiger partial charge in [0.1, 0.15) is 23.4 Å². The van der Waals surface area contributed by atoms with Crippen molar-refractivity contribution in [1.29, 1.82) is 0 Å². The number of ether oxygens (including phenoxy) is 1. The van der Waals surface area contributed by atoms with Gasteiger partial charge in [-0.2, -0.15) is 4.98 Å². The Morgan fingerprint density at radius 2 is 1.93 bits per heavy atom. The predicted octanol–water partition coefficient (Wildman–Crippen LogP) is 3.74. The van der Waals surface area contributed by atoms with Gasteiger partial charge in [-0.15, -0.1) is 0 Å². The average molecular weight is 390 g/mol. The second-order valence-corrected chi connectivity index (χ2v) is 8.53. The lowest BCUT2D eigenvalue weighted by molar-refractivity contribution is 0.339. The molecule has 1 aromatic heterocycles. The summed E-state index contributed by atoms with van der Waals surface area (Å²) in [6.07, 6.45) is 0. The van der Waals surface area contributed by atoms with Crippen molar-refractivity contribution in [3.8, 4) is 17.1 Å². The van der Waals surface area contributed by atoms with Crippen molar-refractivity contribution in [3.63, 3.8) is 0 Å². The van der Waals surface area contributed by atoms with Crippen LogP contribution in [0.5, 0.6) is 5.75 Å². The molecule has 0 aliphatic carbocycles. The Kier molecular flexibility index (Phi) is 5.55. The number of nitrogens with zero attached hydrogens (tertiary/aromatic N) is 2. The summed E-state index contributed by atoms with van der Waals surface area (Å²) >= 11 is 0. The SMILES string of the molecule is Cc1ccc(-c2noc(C(C)S(=O)(=O)CCOc3ccccc3)n2)cc1F. The van der Waals surface area contributed by atoms with Gasteiger partial charge < -0.3 is 9.26 Å². The number of sulfone groups is 1. The van der Waals surface area contributed by atoms with E-state index in [1.807, 2.05) is 6.07 Å². The lowest BCUT2D eigenvalue weighted by Gasteiger charge is -2.10. The molecule has 0 spiro atoms. The molecule has 6 nitrogen and oxygen atoms in total. The van der Waals surface area contributed by atoms with Crippen LogP contribution in [0.2, 0.25) is 0 Å². The Labute approximate surface area is 156 Å². The minimum atomic E-state index is -3.56. The summed E-state index contributed by atoms with van der Waals surface area (Å²) in [6, 6.07) is 13.5. The highest BCUT2D eigenvalue weighted by molar-refractivity contribution is 7.91. The second kappa shape index (κ2) is 7.87. The maximum absolute atomic E-state index is 13.7. The van der Waals surface area contributed by atoms with Crippen molar-refractivity contribution in [2.45, 2.75) is 19.1 Å². The highest BCUT2D eigenvalue weighted by Crippen LogP contribution is 2.25. The van der Waals surface area contributed by atoms with Crippen LogP contribution < -0.4 is 4.74 Å². The number of rotatable bonds is 7. The summed E-state index contributed by atoms with van der Waals surface area (Å²) in [5.74, 6) is 0.122. The van der Waals surface area contributed by atoms with E-state index >= 15 is 0 Å². The molecule has 3 rings (SSSR count). The predicted molar refractivity (Wildman–Crippen MR) is 98.6 cm³/mol. The number of hydrogen-bond acceptors (Lipinski definition) is 6. The zero-order valence-electron chi connectivity index (χ0n) is 14.9. The number of hydrogen-bond donors (Lipinski definition) is 0. The molecule has 142 valence electrons. The molecule has 2 aromatic carbocycles. The summed E-state index contributed by atoms with van der Waals surface area (Å²) in [5.41, 5.74) is 0.918. The standard InChI is InChI=1S/C19H19FN2O4S/c1-13-8-9-15(12-17(13)20)18-21-19(26-22-18)14(2)27(23,24)11-10-25-16-6-4-3-5-7-16/h3-9,12,14H,10-11H2,1-2H3. The van der Waals surface area contributed by atoms with E-state index in [1.165, 1.54) is 13.0 Å². The molecular weight excluding hydrogens is 371 g/mol. The largest absolute Gasteiger partial charge is 0.493 e. The molecule has 3 aromatic rings. The lowest BCUT2D eigenvalue weighted by atomic mass is 10.1. The molecule has 1 unspecified atom stereocenters. The quantitative estimate of drug-likeness (QED) is 0.611. The molecule has 8 heteroatoms. The Morgan fingerprint density at radius 1 is 1.19 bits per heavy atom. The van der Waals surface area contributed by atoms with Crippen LogP contribution in [-0.4, -0.2) is 30.9 Å². The first kappa shape index (κ1) is 19.0. The topological polar surface area (TPSA) is 82.3 Å². The third kappa shape index (κ3) is 4.51. The minimum Gasteiger partial charge on any atom is -0.493 e. The Morgan fingerprint density at radius 3 is 2.63 bits per heavy atom. The Bertz CT molecular complexity index is 1020. The van der Waals surface area contributed by atoms with Gasteiger partial charge in [-0.05, 0) is 37.6 Å². The van der Waals surface area contributed by atoms with E-state index in [1.54, 1.807) is 43.3 Å². The molecule has 0 amide bonds. The minimum absolute atomic E-state index is 0.0147. The van der Waals surface area contributed by atoms with E-state index in [4.69, 9.17) is 9.26 Å². The van der Waals surface area contributed by atoms with Crippen molar-refractivity contribution < 1.29 is 22.1 Å². The first-order chi connectivity index (χ1) is 12.9. The zero-order chi connectivity index (χ0) is 19.4. The molecular formula is C19H19FN2O4S. The van der Waals surface area contributed by atoms with Crippen molar-refractivity contribution in [2.75, 3.05) is 12.4 Å². The van der Waals surface area contributed by atoms with E-state index in [9.17, 15) is 12.8 Å². The van der Waals surface area contributed by atoms with Gasteiger partial charge in [0, 0.05) is 5.56 Å². The molecule has 0 fully saturated rings. The van der Waals surface area contributed by atoms with Crippen molar-refractivity contribution >= 4 is 9.84 Å². The fourth-order valence-corrected chi connectivity index (χ4v) is 3.44. The van der Waals surface area contributed by atoms with Crippen LogP contribution in [0.1, 0.15) is 23.6 Å². The van der Waals surface area contributed by atoms with Gasteiger partial charge in [0.15, 0.2) is 9.84 Å². The normalized spacial score (nSPS) is 12.7. The fourth-order valence-electron chi connectivity index (χ4n) is 2.37. The molecule has 0 saturated heterocycles. The van der Waals surface area contributed by atoms with Gasteiger partial charge in [-0.1, -0.05) is 35.5 Å². The Balaban J connectivity index is 1.68. The van der Waals surface area contributed by atoms with E-state index in [0.717, 1.165) is 0 Å². The number of aryl methyl sites for hydroxylation is 1. The molecule has 0 aliphatic rings. The smallest absolute Gasteiger partial charge is 0.245 e. The molecule has 27 heavy (non-hydrogen) atoms. The maximum atomic E-state index is 13.7. The van der Waals surface area contributed by atoms with Crippen LogP contribution in [0.4, 0.5) is 4.39 Å². The first-order valence-corrected chi connectivity index (χ1v) is 10.1. The fraction of sp³-hybridized carbons (Fsp3) is 0.263. The highest BCUT2D eigenvalue weighted by atomic mass is 32.2. The first-order valence-electron chi connectivity index (χ1n) is 8.36. The summed E-state index contributed by atoms with van der Waals surface area (Å²) < 4.78 is 49.2. The average Bonchev–Trinajstić information content (AvgIpc) is 3.14. The molecule has 0 aliphatic heterocycles. The second-order valence-electron chi connectivity index (χ2n) is 6.09. The molecule has 0 saturated carbocycles. The third-order valence-electron chi connectivity index (χ3n) is 4.14. The van der Waals surface area contributed by atoms with Gasteiger partial charge in [0.05, 0.1) is 5.75 Å². The molecule has 1 atom stereocenters. The monoisotopic (exact) mass is 390 g/mol. The van der Waals surface area contributed by atoms with Gasteiger partial charge in [0.2, 0.25) is 11.7 Å². The molecule has 0 bridgehead atoms. The van der Waals surface area contributed by atoms with E-state index < -0.39 is 20.9 Å². The summed E-state index contributed by atoms with van der Waals surface area (Å²) in [5, 5.41) is 2.78. The van der Waals surface area contributed by atoms with E-state index in [0.29, 0.717) is 16.9 Å². The van der Waals surface area contributed by atoms with Crippen LogP contribution in [0, 0.1) is 12.7 Å². The maximum Gasteiger partial charge on any atom is 0.245 e. The van der Waals surface area contributed by atoms with Gasteiger partial charge in [-0.25, -0.2) is 12.8 Å². The number of benzene rings is 2. The zero-order valence-corrected chi connectivity index (χ0v) is 15.7. The molecule has 1 heterocycles. The summed E-state index contributed by atoms with van der Waals surface area (Å²) in [4.78, 5) is 4.12. The van der Waals surface area contributed by atoms with Crippen LogP contribution in [0.15, 0.2) is 53.1 Å². The van der Waals surface area contributed by atoms with Gasteiger partial charge in [-0.3, -0.25) is 0 Å². The van der Waals surface area contributed by atoms with Crippen LogP contribution in [-0.2, 0) is 9.84 Å². The van der Waals surface area contributed by atoms with Crippen LogP contribution in [0.25, 0.3) is 11.4 Å². The summed E-state index contributed by atoms with van der Waals surface area (Å²) in [6.45, 7) is 3.14. The van der Waals surface area contributed by atoms with Crippen molar-refractivity contribution in [2.24, 2.45) is 0 Å². The third-order valence-corrected chi connectivity index (χ3v) is 6.15. The van der Waals surface area contributed by atoms with Crippen LogP contribution >= 0.6 is 0 Å². The van der Waals surface area contributed by atoms with Crippen molar-refractivity contribution in [3.05, 3.63) is 65.8 Å². The van der Waals surface area contributed by atoms with Gasteiger partial charge >= 0.3 is 0 Å². The number of halogens is 1. The Hall–Kier alpha value is -2.74. The summed E-state index contributed by atoms with van der Waals surface area (Å²) in [7, 11) is -3.56. The van der Waals surface area contributed by atoms with E-state index in [2.05, 4.69) is 10.1 Å². The highest BCUT2D eigenvalue weighted by Gasteiger charge is 2.28. The molecule has 0 radical (unpaired) electrons. The van der Waals surface area contributed by atoms with Gasteiger partial charge in [0.25, 0.3) is 0 Å². The van der Waals surface area contributed by atoms with E-state index in [-0.39, 0.29) is 24.1 Å².